The van der Waals surface area contributed by atoms with E-state index in [1.807, 2.05) is 12.1 Å². The number of ether oxygens (including phenoxy) is 2. The summed E-state index contributed by atoms with van der Waals surface area (Å²) in [6, 6.07) is 12.8. The zero-order valence-electron chi connectivity index (χ0n) is 22.1. The van der Waals surface area contributed by atoms with Crippen molar-refractivity contribution in [2.75, 3.05) is 26.1 Å². The van der Waals surface area contributed by atoms with Gasteiger partial charge in [0.05, 0.1) is 38.3 Å². The second-order valence-electron chi connectivity index (χ2n) is 8.84. The summed E-state index contributed by atoms with van der Waals surface area (Å²) in [6.45, 7) is 7.04. The minimum absolute atomic E-state index is 0.268. The van der Waals surface area contributed by atoms with E-state index in [2.05, 4.69) is 50.4 Å². The van der Waals surface area contributed by atoms with Crippen LogP contribution in [0.5, 0.6) is 11.6 Å². The van der Waals surface area contributed by atoms with Crippen LogP contribution in [0.25, 0.3) is 22.0 Å². The number of carbonyl (C=O) groups is 2. The summed E-state index contributed by atoms with van der Waals surface area (Å²) in [5, 5.41) is 20.5. The maximum Gasteiger partial charge on any atom is 0.303 e. The molecule has 0 aliphatic carbocycles. The third-order valence-corrected chi connectivity index (χ3v) is 5.75. The monoisotopic (exact) mass is 511 g/mol. The first-order chi connectivity index (χ1) is 17.6. The quantitative estimate of drug-likeness (QED) is 0.279. The van der Waals surface area contributed by atoms with Gasteiger partial charge < -0.3 is 30.7 Å². The van der Waals surface area contributed by atoms with Crippen LogP contribution in [0.15, 0.2) is 36.4 Å². The van der Waals surface area contributed by atoms with E-state index in [0.29, 0.717) is 12.4 Å². The molecule has 200 valence electrons. The predicted octanol–water partition coefficient (Wildman–Crippen LogP) is 5.01. The highest BCUT2D eigenvalue weighted by molar-refractivity contribution is 6.06. The van der Waals surface area contributed by atoms with Crippen LogP contribution < -0.4 is 20.5 Å². The Bertz CT molecular complexity index is 1210. The number of pyridine rings is 1. The van der Waals surface area contributed by atoms with Crippen LogP contribution in [0.4, 0.5) is 5.69 Å². The second kappa shape index (κ2) is 14.0. The van der Waals surface area contributed by atoms with Crippen molar-refractivity contribution in [3.8, 4) is 22.8 Å². The number of methoxy groups -OCH3 is 2. The van der Waals surface area contributed by atoms with Crippen LogP contribution in [-0.2, 0) is 9.59 Å². The maximum absolute atomic E-state index is 9.64. The fraction of sp³-hybridized carbons (Fsp3) is 0.393. The number of anilines is 1. The molecule has 0 aliphatic heterocycles. The average molecular weight is 512 g/mol. The summed E-state index contributed by atoms with van der Waals surface area (Å²) in [5.74, 6) is -0.723. The van der Waals surface area contributed by atoms with Crippen molar-refractivity contribution >= 4 is 28.5 Å². The highest BCUT2D eigenvalue weighted by Crippen LogP contribution is 2.43. The average Bonchev–Trinajstić information content (AvgIpc) is 2.86. The molecule has 0 saturated heterocycles. The fourth-order valence-corrected chi connectivity index (χ4v) is 3.99. The number of carboxylic acids is 2. The normalized spacial score (nSPS) is 11.3. The van der Waals surface area contributed by atoms with Crippen molar-refractivity contribution in [1.82, 2.24) is 4.98 Å². The van der Waals surface area contributed by atoms with Crippen molar-refractivity contribution in [1.29, 1.82) is 0 Å². The molecule has 9 nitrogen and oxygen atoms in total. The lowest BCUT2D eigenvalue weighted by atomic mass is 9.94. The van der Waals surface area contributed by atoms with Crippen molar-refractivity contribution in [2.45, 2.75) is 52.5 Å². The summed E-state index contributed by atoms with van der Waals surface area (Å²) in [6.07, 6.45) is 1.37. The topological polar surface area (TPSA) is 144 Å². The number of hydrogen-bond acceptors (Lipinski definition) is 7. The molecule has 0 aliphatic rings. The highest BCUT2D eigenvalue weighted by Gasteiger charge is 2.20. The van der Waals surface area contributed by atoms with Crippen LogP contribution in [0, 0.1) is 13.8 Å². The largest absolute Gasteiger partial charge is 0.496 e. The number of benzene rings is 2. The van der Waals surface area contributed by atoms with Crippen LogP contribution in [0.2, 0.25) is 0 Å². The van der Waals surface area contributed by atoms with Gasteiger partial charge in [-0.1, -0.05) is 29.8 Å². The number of hydrogen-bond donors (Lipinski definition) is 4. The van der Waals surface area contributed by atoms with Gasteiger partial charge in [-0.25, -0.2) is 4.98 Å². The number of nitrogens with two attached hydrogens (primary N) is 1. The minimum atomic E-state index is -1.08. The van der Waals surface area contributed by atoms with Crippen LogP contribution in [-0.4, -0.2) is 53.9 Å². The molecule has 1 heterocycles. The van der Waals surface area contributed by atoms with E-state index >= 15 is 0 Å². The minimum Gasteiger partial charge on any atom is -0.496 e. The van der Waals surface area contributed by atoms with Crippen molar-refractivity contribution < 1.29 is 29.3 Å². The molecule has 0 amide bonds. The molecule has 0 radical (unpaired) electrons. The van der Waals surface area contributed by atoms with Crippen LogP contribution in [0.1, 0.15) is 43.7 Å². The van der Waals surface area contributed by atoms with Gasteiger partial charge in [-0.2, -0.15) is 0 Å². The number of aryl methyl sites for hydroxylation is 2. The fourth-order valence-electron chi connectivity index (χ4n) is 3.99. The van der Waals surface area contributed by atoms with Crippen molar-refractivity contribution in [2.24, 2.45) is 5.73 Å². The van der Waals surface area contributed by atoms with E-state index in [9.17, 15) is 9.59 Å². The number of carboxylic acid groups (broad SMARTS) is 2. The number of nitrogens with one attached hydrogen (secondary N) is 1. The van der Waals surface area contributed by atoms with E-state index in [1.54, 1.807) is 14.2 Å². The molecule has 0 fully saturated rings. The second-order valence-corrected chi connectivity index (χ2v) is 8.84. The lowest BCUT2D eigenvalue weighted by Crippen LogP contribution is -2.17. The molecule has 1 aromatic heterocycles. The summed E-state index contributed by atoms with van der Waals surface area (Å²) >= 11 is 0. The van der Waals surface area contributed by atoms with Crippen molar-refractivity contribution in [3.63, 3.8) is 0 Å². The van der Waals surface area contributed by atoms with Gasteiger partial charge in [0.15, 0.2) is 0 Å². The summed E-state index contributed by atoms with van der Waals surface area (Å²) in [4.78, 5) is 24.1. The Morgan fingerprint density at radius 2 is 1.73 bits per heavy atom. The highest BCUT2D eigenvalue weighted by atomic mass is 16.5. The first-order valence-corrected chi connectivity index (χ1v) is 12.1. The van der Waals surface area contributed by atoms with Gasteiger partial charge in [-0.3, -0.25) is 9.59 Å². The van der Waals surface area contributed by atoms with E-state index in [-0.39, 0.29) is 18.9 Å². The van der Waals surface area contributed by atoms with Crippen LogP contribution in [0.3, 0.4) is 0 Å². The molecule has 5 N–H and O–H groups in total. The first kappa shape index (κ1) is 29.4. The molecule has 2 aromatic carbocycles. The van der Waals surface area contributed by atoms with Gasteiger partial charge >= 0.3 is 11.9 Å². The predicted molar refractivity (Wildman–Crippen MR) is 146 cm³/mol. The number of rotatable bonds is 11. The van der Waals surface area contributed by atoms with Gasteiger partial charge in [0.1, 0.15) is 5.75 Å². The van der Waals surface area contributed by atoms with E-state index < -0.39 is 11.9 Å². The molecule has 37 heavy (non-hydrogen) atoms. The van der Waals surface area contributed by atoms with E-state index in [0.717, 1.165) is 51.9 Å². The summed E-state index contributed by atoms with van der Waals surface area (Å²) < 4.78 is 11.3. The Morgan fingerprint density at radius 3 is 2.27 bits per heavy atom. The molecule has 0 bridgehead atoms. The molecule has 9 heteroatoms. The van der Waals surface area contributed by atoms with E-state index in [1.165, 1.54) is 5.56 Å². The summed E-state index contributed by atoms with van der Waals surface area (Å²) in [5.41, 5.74) is 12.0. The first-order valence-electron chi connectivity index (χ1n) is 12.1. The maximum atomic E-state index is 9.64. The molecular weight excluding hydrogens is 474 g/mol. The van der Waals surface area contributed by atoms with E-state index in [4.69, 9.17) is 30.4 Å². The van der Waals surface area contributed by atoms with Gasteiger partial charge in [-0.15, -0.1) is 0 Å². The third kappa shape index (κ3) is 8.35. The standard InChI is InChI=1S/C24H31N3O2.C4H6O4/c1-15-8-6-10-18(12-15)23-20(28-4)14-19(26-17(3)9-7-11-25)24-22(23)16(2)13-21(27-24)29-5;5-3(6)1-2-4(7)8/h6,8,10,12-14,17,26H,7,9,11,25H2,1-5H3;1-2H2,(H,5,6)(H,7,8). The molecule has 0 saturated carbocycles. The van der Waals surface area contributed by atoms with Gasteiger partial charge in [-0.05, 0) is 51.3 Å². The lowest BCUT2D eigenvalue weighted by Gasteiger charge is -2.21. The molecule has 1 unspecified atom stereocenters. The SMILES string of the molecule is COc1cc(C)c2c(-c3cccc(C)c3)c(OC)cc(NC(C)CCCN)c2n1.O=C(O)CCC(=O)O. The molecule has 3 rings (SSSR count). The number of aromatic nitrogens is 1. The van der Waals surface area contributed by atoms with Gasteiger partial charge in [0.2, 0.25) is 5.88 Å². The molecule has 0 spiro atoms. The van der Waals surface area contributed by atoms with Gasteiger partial charge in [0.25, 0.3) is 0 Å². The Balaban J connectivity index is 0.000000521. The number of fused-ring (bicyclic) bond motifs is 1. The molecule has 3 aromatic rings. The zero-order chi connectivity index (χ0) is 27.5. The number of aliphatic carboxylic acids is 2. The van der Waals surface area contributed by atoms with Crippen LogP contribution >= 0.6 is 0 Å². The Hall–Kier alpha value is -3.85. The molecular formula is C28H37N3O6. The Kier molecular flexibility index (Phi) is 11.1. The molecule has 1 atom stereocenters. The van der Waals surface area contributed by atoms with Gasteiger partial charge in [0, 0.05) is 29.1 Å². The Labute approximate surface area is 217 Å². The summed E-state index contributed by atoms with van der Waals surface area (Å²) in [7, 11) is 3.37. The van der Waals surface area contributed by atoms with Crippen molar-refractivity contribution in [3.05, 3.63) is 47.5 Å². The lowest BCUT2D eigenvalue weighted by molar-refractivity contribution is -0.143. The zero-order valence-corrected chi connectivity index (χ0v) is 22.1. The number of nitrogens with zero attached hydrogens (tertiary/aromatic N) is 1. The Morgan fingerprint density at radius 1 is 1.05 bits per heavy atom. The smallest absolute Gasteiger partial charge is 0.303 e. The third-order valence-electron chi connectivity index (χ3n) is 5.75.